The molecule has 0 spiro atoms. The average Bonchev–Trinajstić information content (AvgIpc) is 3.02. The zero-order valence-electron chi connectivity index (χ0n) is 16.7. The van der Waals surface area contributed by atoms with E-state index >= 15 is 0 Å². The molecule has 0 radical (unpaired) electrons. The number of hydrogen-bond donors (Lipinski definition) is 1. The summed E-state index contributed by atoms with van der Waals surface area (Å²) in [4.78, 5) is 17.4. The van der Waals surface area contributed by atoms with Gasteiger partial charge in [-0.25, -0.2) is 0 Å². The number of amides is 1. The number of fused-ring (bicyclic) bond motifs is 2. The molecule has 0 saturated carbocycles. The van der Waals surface area contributed by atoms with Gasteiger partial charge in [0.25, 0.3) is 0 Å². The largest absolute Gasteiger partial charge is 0.340 e. The minimum Gasteiger partial charge on any atom is -0.340 e. The van der Waals surface area contributed by atoms with Crippen LogP contribution in [0, 0.1) is 0 Å². The van der Waals surface area contributed by atoms with Gasteiger partial charge in [0.1, 0.15) is 0 Å². The summed E-state index contributed by atoms with van der Waals surface area (Å²) < 4.78 is 0. The number of carbonyl (C=O) groups excluding carboxylic acids is 1. The second-order valence-corrected chi connectivity index (χ2v) is 7.88. The van der Waals surface area contributed by atoms with Crippen molar-refractivity contribution in [2.24, 2.45) is 0 Å². The Kier molecular flexibility index (Phi) is 9.44. The smallest absolute Gasteiger partial charge is 0.236 e. The maximum atomic E-state index is 13.1. The molecule has 4 rings (SSSR count). The molecule has 2 saturated heterocycles. The summed E-state index contributed by atoms with van der Waals surface area (Å²) in [6.07, 6.45) is 3.55. The molecule has 2 aliphatic rings. The molecule has 1 N–H and O–H groups in total. The van der Waals surface area contributed by atoms with Gasteiger partial charge in [-0.1, -0.05) is 60.7 Å². The van der Waals surface area contributed by atoms with E-state index in [2.05, 4.69) is 63.6 Å². The lowest BCUT2D eigenvalue weighted by Gasteiger charge is -2.28. The van der Waals surface area contributed by atoms with Crippen LogP contribution in [0.1, 0.15) is 30.4 Å². The maximum absolute atomic E-state index is 13.1. The van der Waals surface area contributed by atoms with Crippen LogP contribution in [0.3, 0.4) is 0 Å². The van der Waals surface area contributed by atoms with Crippen molar-refractivity contribution >= 4 is 30.7 Å². The molecular formula is C23H31Cl2N3O. The fourth-order valence-corrected chi connectivity index (χ4v) is 4.31. The third-order valence-electron chi connectivity index (χ3n) is 5.73. The molecule has 0 aromatic heterocycles. The predicted octanol–water partition coefficient (Wildman–Crippen LogP) is 3.89. The lowest BCUT2D eigenvalue weighted by molar-refractivity contribution is -0.133. The van der Waals surface area contributed by atoms with Gasteiger partial charge in [-0.05, 0) is 30.4 Å². The van der Waals surface area contributed by atoms with E-state index in [1.54, 1.807) is 0 Å². The molecule has 1 amide bonds. The van der Waals surface area contributed by atoms with Crippen molar-refractivity contribution in [1.29, 1.82) is 0 Å². The number of nitrogens with one attached hydrogen (secondary N) is 1. The monoisotopic (exact) mass is 435 g/mol. The summed E-state index contributed by atoms with van der Waals surface area (Å²) in [6, 6.07) is 22.0. The minimum absolute atomic E-state index is 0. The van der Waals surface area contributed by atoms with Crippen LogP contribution in [0.2, 0.25) is 0 Å². The summed E-state index contributed by atoms with van der Waals surface area (Å²) in [5.41, 5.74) is 2.50. The topological polar surface area (TPSA) is 35.6 Å². The number of likely N-dealkylation sites (tertiary alicyclic amines) is 1. The van der Waals surface area contributed by atoms with Gasteiger partial charge in [-0.3, -0.25) is 9.69 Å². The van der Waals surface area contributed by atoms with Crippen molar-refractivity contribution in [1.82, 2.24) is 15.1 Å². The van der Waals surface area contributed by atoms with Crippen LogP contribution in [0.5, 0.6) is 0 Å². The highest BCUT2D eigenvalue weighted by Crippen LogP contribution is 2.21. The molecule has 2 aromatic rings. The SMILES string of the molecule is Cl.Cl.O=C(CN(Cc1ccccc1)Cc1ccccc1)N1CCC2CCC(C1)N2. The van der Waals surface area contributed by atoms with E-state index in [0.717, 1.165) is 32.6 Å². The number of rotatable bonds is 6. The van der Waals surface area contributed by atoms with Gasteiger partial charge in [-0.2, -0.15) is 0 Å². The van der Waals surface area contributed by atoms with Gasteiger partial charge in [0.05, 0.1) is 6.54 Å². The van der Waals surface area contributed by atoms with E-state index in [4.69, 9.17) is 0 Å². The maximum Gasteiger partial charge on any atom is 0.236 e. The van der Waals surface area contributed by atoms with Gasteiger partial charge >= 0.3 is 0 Å². The molecule has 2 aromatic carbocycles. The van der Waals surface area contributed by atoms with E-state index in [1.165, 1.54) is 24.0 Å². The van der Waals surface area contributed by atoms with E-state index in [0.29, 0.717) is 18.6 Å². The summed E-state index contributed by atoms with van der Waals surface area (Å²) in [5.74, 6) is 0.260. The molecular weight excluding hydrogens is 405 g/mol. The molecule has 2 aliphatic heterocycles. The highest BCUT2D eigenvalue weighted by atomic mass is 35.5. The summed E-state index contributed by atoms with van der Waals surface area (Å²) in [6.45, 7) is 3.80. The van der Waals surface area contributed by atoms with Gasteiger partial charge in [0.15, 0.2) is 0 Å². The van der Waals surface area contributed by atoms with Crippen LogP contribution in [0.15, 0.2) is 60.7 Å². The summed E-state index contributed by atoms with van der Waals surface area (Å²) in [5, 5.41) is 3.66. The van der Waals surface area contributed by atoms with Crippen molar-refractivity contribution in [2.45, 2.75) is 44.4 Å². The first-order valence-corrected chi connectivity index (χ1v) is 10.1. The van der Waals surface area contributed by atoms with E-state index in [-0.39, 0.29) is 30.7 Å². The summed E-state index contributed by atoms with van der Waals surface area (Å²) >= 11 is 0. The fourth-order valence-electron chi connectivity index (χ4n) is 4.31. The lowest BCUT2D eigenvalue weighted by Crippen LogP contribution is -2.44. The number of nitrogens with zero attached hydrogens (tertiary/aromatic N) is 2. The summed E-state index contributed by atoms with van der Waals surface area (Å²) in [7, 11) is 0. The highest BCUT2D eigenvalue weighted by molar-refractivity contribution is 5.85. The van der Waals surface area contributed by atoms with Crippen molar-refractivity contribution in [3.05, 3.63) is 71.8 Å². The molecule has 6 heteroatoms. The standard InChI is InChI=1S/C23H29N3O.2ClH/c27-23(26-14-13-21-11-12-22(17-26)24-21)18-25(15-19-7-3-1-4-8-19)16-20-9-5-2-6-10-20;;/h1-10,21-22,24H,11-18H2;2*1H. The predicted molar refractivity (Wildman–Crippen MR) is 123 cm³/mol. The van der Waals surface area contributed by atoms with Crippen LogP contribution < -0.4 is 5.32 Å². The van der Waals surface area contributed by atoms with Gasteiger partial charge in [0, 0.05) is 38.3 Å². The quantitative estimate of drug-likeness (QED) is 0.747. The van der Waals surface area contributed by atoms with Crippen LogP contribution in [0.25, 0.3) is 0 Å². The van der Waals surface area contributed by atoms with Crippen molar-refractivity contribution in [3.8, 4) is 0 Å². The molecule has 2 atom stereocenters. The van der Waals surface area contributed by atoms with Crippen LogP contribution >= 0.6 is 24.8 Å². The Bertz CT molecular complexity index is 703. The van der Waals surface area contributed by atoms with Crippen LogP contribution in [-0.4, -0.2) is 47.4 Å². The Balaban J connectivity index is 0.00000150. The molecule has 0 aliphatic carbocycles. The number of benzene rings is 2. The lowest BCUT2D eigenvalue weighted by atomic mass is 10.1. The third-order valence-corrected chi connectivity index (χ3v) is 5.73. The number of halogens is 2. The molecule has 29 heavy (non-hydrogen) atoms. The normalized spacial score (nSPS) is 20.5. The van der Waals surface area contributed by atoms with Crippen molar-refractivity contribution in [2.75, 3.05) is 19.6 Å². The Morgan fingerprint density at radius 1 is 0.862 bits per heavy atom. The van der Waals surface area contributed by atoms with E-state index in [1.807, 2.05) is 12.1 Å². The van der Waals surface area contributed by atoms with Gasteiger partial charge in [-0.15, -0.1) is 24.8 Å². The van der Waals surface area contributed by atoms with E-state index in [9.17, 15) is 4.79 Å². The van der Waals surface area contributed by atoms with E-state index < -0.39 is 0 Å². The first-order chi connectivity index (χ1) is 13.3. The van der Waals surface area contributed by atoms with Crippen LogP contribution in [0.4, 0.5) is 0 Å². The molecule has 2 fully saturated rings. The number of carbonyl (C=O) groups is 1. The third kappa shape index (κ3) is 6.71. The van der Waals surface area contributed by atoms with Gasteiger partial charge < -0.3 is 10.2 Å². The molecule has 158 valence electrons. The molecule has 4 nitrogen and oxygen atoms in total. The second-order valence-electron chi connectivity index (χ2n) is 7.88. The minimum atomic E-state index is 0. The first kappa shape index (κ1) is 23.7. The Labute approximate surface area is 186 Å². The molecule has 2 heterocycles. The van der Waals surface area contributed by atoms with Crippen molar-refractivity contribution < 1.29 is 4.79 Å². The molecule has 2 unspecified atom stereocenters. The second kappa shape index (κ2) is 11.6. The fraction of sp³-hybridized carbons (Fsp3) is 0.435. The zero-order valence-corrected chi connectivity index (χ0v) is 18.3. The zero-order chi connectivity index (χ0) is 18.5. The first-order valence-electron chi connectivity index (χ1n) is 10.1. The molecule has 2 bridgehead atoms. The Morgan fingerprint density at radius 2 is 1.41 bits per heavy atom. The average molecular weight is 436 g/mol. The Morgan fingerprint density at radius 3 is 2.00 bits per heavy atom. The van der Waals surface area contributed by atoms with Gasteiger partial charge in [0.2, 0.25) is 5.91 Å². The highest BCUT2D eigenvalue weighted by Gasteiger charge is 2.31. The van der Waals surface area contributed by atoms with Crippen LogP contribution in [-0.2, 0) is 17.9 Å². The Hall–Kier alpha value is -1.59. The number of hydrogen-bond acceptors (Lipinski definition) is 3. The van der Waals surface area contributed by atoms with Crippen molar-refractivity contribution in [3.63, 3.8) is 0 Å².